The van der Waals surface area contributed by atoms with E-state index in [1.165, 1.54) is 23.8 Å². The number of methoxy groups -OCH3 is 1. The molecule has 0 bridgehead atoms. The van der Waals surface area contributed by atoms with Crippen molar-refractivity contribution in [2.75, 3.05) is 19.5 Å². The number of aliphatic carboxylic acids is 1. The summed E-state index contributed by atoms with van der Waals surface area (Å²) in [6, 6.07) is -0.580. The molecule has 2 heterocycles. The average molecular weight is 244 g/mol. The molecule has 88 valence electrons. The summed E-state index contributed by atoms with van der Waals surface area (Å²) in [5.74, 6) is -0.891. The molecule has 0 aromatic heterocycles. The highest BCUT2D eigenvalue weighted by atomic mass is 32.2. The fourth-order valence-electron chi connectivity index (χ4n) is 1.87. The number of carbonyl (C=O) groups excluding carboxylic acids is 1. The number of carboxylic acids is 1. The van der Waals surface area contributed by atoms with E-state index in [0.717, 1.165) is 0 Å². The Balaban J connectivity index is 2.34. The van der Waals surface area contributed by atoms with Crippen LogP contribution < -0.4 is 5.73 Å². The van der Waals surface area contributed by atoms with Crippen LogP contribution in [0.5, 0.6) is 0 Å². The molecule has 0 aromatic carbocycles. The maximum atomic E-state index is 11.5. The second-order valence-electron chi connectivity index (χ2n) is 3.63. The number of hydrogen-bond donors (Lipinski definition) is 2. The molecule has 2 aliphatic heterocycles. The van der Waals surface area contributed by atoms with Crippen LogP contribution >= 0.6 is 11.8 Å². The first-order chi connectivity index (χ1) is 7.57. The molecule has 2 atom stereocenters. The number of thioether (sulfide) groups is 1. The summed E-state index contributed by atoms with van der Waals surface area (Å²) in [6.45, 7) is 0.223. The zero-order valence-corrected chi connectivity index (χ0v) is 9.49. The van der Waals surface area contributed by atoms with Gasteiger partial charge in [-0.05, 0) is 5.57 Å². The van der Waals surface area contributed by atoms with Crippen molar-refractivity contribution in [3.8, 4) is 0 Å². The van der Waals surface area contributed by atoms with Gasteiger partial charge in [-0.2, -0.15) is 0 Å². The summed E-state index contributed by atoms with van der Waals surface area (Å²) < 4.78 is 4.93. The molecule has 1 amide bonds. The van der Waals surface area contributed by atoms with Crippen LogP contribution in [-0.4, -0.2) is 52.8 Å². The van der Waals surface area contributed by atoms with Crippen molar-refractivity contribution >= 4 is 23.6 Å². The van der Waals surface area contributed by atoms with E-state index in [9.17, 15) is 9.59 Å². The van der Waals surface area contributed by atoms with Crippen molar-refractivity contribution in [1.82, 2.24) is 4.90 Å². The summed E-state index contributed by atoms with van der Waals surface area (Å²) >= 11 is 1.47. The van der Waals surface area contributed by atoms with Crippen LogP contribution in [0.4, 0.5) is 0 Å². The molecule has 3 N–H and O–H groups in total. The molecule has 0 spiro atoms. The lowest BCUT2D eigenvalue weighted by Gasteiger charge is -2.47. The Morgan fingerprint density at radius 1 is 1.75 bits per heavy atom. The molecular weight excluding hydrogens is 232 g/mol. The predicted octanol–water partition coefficient (Wildman–Crippen LogP) is -0.786. The van der Waals surface area contributed by atoms with E-state index >= 15 is 0 Å². The van der Waals surface area contributed by atoms with Crippen molar-refractivity contribution < 1.29 is 19.4 Å². The van der Waals surface area contributed by atoms with Crippen LogP contribution in [0.1, 0.15) is 0 Å². The SMILES string of the molecule is COCC1=C(C(=O)O)N2C(=O)C(N)[C@@H]2SC1. The summed E-state index contributed by atoms with van der Waals surface area (Å²) in [4.78, 5) is 23.9. The monoisotopic (exact) mass is 244 g/mol. The normalized spacial score (nSPS) is 28.9. The fourth-order valence-corrected chi connectivity index (χ4v) is 3.14. The summed E-state index contributed by atoms with van der Waals surface area (Å²) in [6.07, 6.45) is 0. The van der Waals surface area contributed by atoms with Crippen molar-refractivity contribution in [3.05, 3.63) is 11.3 Å². The molecule has 1 unspecified atom stereocenters. The van der Waals surface area contributed by atoms with Gasteiger partial charge < -0.3 is 15.6 Å². The Morgan fingerprint density at radius 3 is 3.00 bits per heavy atom. The Morgan fingerprint density at radius 2 is 2.44 bits per heavy atom. The number of β-lactam (4-membered cyclic amide) rings is 1. The Bertz CT molecular complexity index is 382. The van der Waals surface area contributed by atoms with Crippen molar-refractivity contribution in [2.45, 2.75) is 11.4 Å². The van der Waals surface area contributed by atoms with Crippen molar-refractivity contribution in [3.63, 3.8) is 0 Å². The number of hydrogen-bond acceptors (Lipinski definition) is 5. The van der Waals surface area contributed by atoms with Crippen LogP contribution in [0.15, 0.2) is 11.3 Å². The van der Waals surface area contributed by atoms with E-state index in [4.69, 9.17) is 15.6 Å². The molecule has 1 saturated heterocycles. The van der Waals surface area contributed by atoms with E-state index in [1.807, 2.05) is 0 Å². The van der Waals surface area contributed by atoms with E-state index in [2.05, 4.69) is 0 Å². The zero-order chi connectivity index (χ0) is 11.9. The second kappa shape index (κ2) is 4.08. The van der Waals surface area contributed by atoms with Crippen LogP contribution in [-0.2, 0) is 14.3 Å². The second-order valence-corrected chi connectivity index (χ2v) is 4.73. The molecular formula is C9H12N2O4S. The highest BCUT2D eigenvalue weighted by Gasteiger charge is 2.51. The Labute approximate surface area is 96.4 Å². The van der Waals surface area contributed by atoms with Gasteiger partial charge in [0.05, 0.1) is 6.61 Å². The molecule has 0 aromatic rings. The van der Waals surface area contributed by atoms with Crippen molar-refractivity contribution in [2.24, 2.45) is 5.73 Å². The van der Waals surface area contributed by atoms with Gasteiger partial charge in [-0.1, -0.05) is 0 Å². The first-order valence-corrected chi connectivity index (χ1v) is 5.77. The number of fused-ring (bicyclic) bond motifs is 1. The minimum absolute atomic E-state index is 0.0392. The molecule has 0 saturated carbocycles. The van der Waals surface area contributed by atoms with Gasteiger partial charge in [-0.15, -0.1) is 11.8 Å². The molecule has 2 aliphatic rings. The van der Waals surface area contributed by atoms with Gasteiger partial charge in [0.15, 0.2) is 0 Å². The molecule has 1 fully saturated rings. The molecule has 0 radical (unpaired) electrons. The lowest BCUT2D eigenvalue weighted by Crippen LogP contribution is -2.68. The maximum Gasteiger partial charge on any atom is 0.352 e. The standard InChI is InChI=1S/C9H12N2O4S/c1-15-2-4-3-16-8-5(10)7(12)11(8)6(4)9(13)14/h5,8H,2-3,10H2,1H3,(H,13,14)/t5?,8-/m0/s1. The van der Waals surface area contributed by atoms with Gasteiger partial charge in [0, 0.05) is 12.9 Å². The van der Waals surface area contributed by atoms with Gasteiger partial charge >= 0.3 is 5.97 Å². The molecule has 6 nitrogen and oxygen atoms in total. The highest BCUT2D eigenvalue weighted by molar-refractivity contribution is 8.00. The van der Waals surface area contributed by atoms with Crippen LogP contribution in [0.2, 0.25) is 0 Å². The van der Waals surface area contributed by atoms with Crippen LogP contribution in [0.3, 0.4) is 0 Å². The summed E-state index contributed by atoms with van der Waals surface area (Å²) in [5.41, 5.74) is 6.26. The average Bonchev–Trinajstić information content (AvgIpc) is 2.27. The lowest BCUT2D eigenvalue weighted by molar-refractivity contribution is -0.148. The number of nitrogens with zero attached hydrogens (tertiary/aromatic N) is 1. The Hall–Kier alpha value is -1.05. The Kier molecular flexibility index (Phi) is 2.92. The largest absolute Gasteiger partial charge is 0.477 e. The van der Waals surface area contributed by atoms with Crippen LogP contribution in [0.25, 0.3) is 0 Å². The van der Waals surface area contributed by atoms with Gasteiger partial charge in [-0.3, -0.25) is 9.69 Å². The van der Waals surface area contributed by atoms with E-state index in [1.54, 1.807) is 0 Å². The summed E-state index contributed by atoms with van der Waals surface area (Å²) in [7, 11) is 1.49. The third kappa shape index (κ3) is 1.51. The highest BCUT2D eigenvalue weighted by Crippen LogP contribution is 2.39. The first-order valence-electron chi connectivity index (χ1n) is 4.72. The third-order valence-corrected chi connectivity index (χ3v) is 3.97. The van der Waals surface area contributed by atoms with Crippen molar-refractivity contribution in [1.29, 1.82) is 0 Å². The minimum atomic E-state index is -1.10. The maximum absolute atomic E-state index is 11.5. The molecule has 0 aliphatic carbocycles. The number of carboxylic acid groups (broad SMARTS) is 1. The first kappa shape index (κ1) is 11.4. The van der Waals surface area contributed by atoms with Gasteiger partial charge in [0.25, 0.3) is 0 Å². The predicted molar refractivity (Wildman–Crippen MR) is 57.6 cm³/mol. The zero-order valence-electron chi connectivity index (χ0n) is 8.67. The number of rotatable bonds is 3. The van der Waals surface area contributed by atoms with Gasteiger partial charge in [0.2, 0.25) is 5.91 Å². The third-order valence-electron chi connectivity index (χ3n) is 2.61. The molecule has 2 rings (SSSR count). The number of carbonyl (C=O) groups is 2. The summed E-state index contributed by atoms with van der Waals surface area (Å²) in [5, 5.41) is 8.87. The topological polar surface area (TPSA) is 92.9 Å². The lowest BCUT2D eigenvalue weighted by atomic mass is 10.0. The fraction of sp³-hybridized carbons (Fsp3) is 0.556. The molecule has 16 heavy (non-hydrogen) atoms. The smallest absolute Gasteiger partial charge is 0.352 e. The van der Waals surface area contributed by atoms with Crippen LogP contribution in [0, 0.1) is 0 Å². The minimum Gasteiger partial charge on any atom is -0.477 e. The van der Waals surface area contributed by atoms with E-state index < -0.39 is 12.0 Å². The van der Waals surface area contributed by atoms with E-state index in [-0.39, 0.29) is 23.6 Å². The molecule has 7 heteroatoms. The number of amides is 1. The van der Waals surface area contributed by atoms with Gasteiger partial charge in [-0.25, -0.2) is 4.79 Å². The number of nitrogens with two attached hydrogens (primary N) is 1. The van der Waals surface area contributed by atoms with E-state index in [0.29, 0.717) is 11.3 Å². The van der Waals surface area contributed by atoms with Gasteiger partial charge in [0.1, 0.15) is 17.1 Å². The number of ether oxygens (including phenoxy) is 1. The quantitative estimate of drug-likeness (QED) is 0.632.